The van der Waals surface area contributed by atoms with Crippen LogP contribution >= 0.6 is 11.6 Å². The van der Waals surface area contributed by atoms with Gasteiger partial charge in [-0.15, -0.1) is 0 Å². The zero-order chi connectivity index (χ0) is 28.6. The minimum Gasteiger partial charge on any atom is -0.478 e. The first kappa shape index (κ1) is 28.5. The molecule has 7 nitrogen and oxygen atoms in total. The first-order chi connectivity index (χ1) is 19.9. The van der Waals surface area contributed by atoms with Crippen LogP contribution in [0.4, 0.5) is 0 Å². The van der Waals surface area contributed by atoms with Crippen LogP contribution in [0.2, 0.25) is 5.02 Å². The van der Waals surface area contributed by atoms with Gasteiger partial charge >= 0.3 is 5.97 Å². The van der Waals surface area contributed by atoms with Gasteiger partial charge in [0.2, 0.25) is 5.91 Å². The van der Waals surface area contributed by atoms with Crippen LogP contribution in [0.1, 0.15) is 45.2 Å². The van der Waals surface area contributed by atoms with E-state index in [-0.39, 0.29) is 17.5 Å². The summed E-state index contributed by atoms with van der Waals surface area (Å²) in [6.07, 6.45) is 5.01. The quantitative estimate of drug-likeness (QED) is 0.248. The molecule has 0 saturated carbocycles. The Morgan fingerprint density at radius 3 is 2.63 bits per heavy atom. The molecule has 0 radical (unpaired) electrons. The van der Waals surface area contributed by atoms with Gasteiger partial charge in [-0.2, -0.15) is 0 Å². The predicted octanol–water partition coefficient (Wildman–Crippen LogP) is 5.88. The third kappa shape index (κ3) is 7.79. The van der Waals surface area contributed by atoms with Crippen LogP contribution in [0, 0.1) is 0 Å². The summed E-state index contributed by atoms with van der Waals surface area (Å²) in [6, 6.07) is 24.4. The average molecular weight is 570 g/mol. The van der Waals surface area contributed by atoms with Gasteiger partial charge in [0.1, 0.15) is 0 Å². The Labute approximate surface area is 244 Å². The van der Waals surface area contributed by atoms with E-state index in [9.17, 15) is 14.7 Å². The highest BCUT2D eigenvalue weighted by molar-refractivity contribution is 6.31. The number of nitrogens with zero attached hydrogens (tertiary/aromatic N) is 2. The molecular formula is C33H32ClN3O4. The lowest BCUT2D eigenvalue weighted by atomic mass is 9.95. The van der Waals surface area contributed by atoms with Crippen molar-refractivity contribution >= 4 is 46.5 Å². The second-order valence-electron chi connectivity index (χ2n) is 10.1. The van der Waals surface area contributed by atoms with E-state index < -0.39 is 5.97 Å². The number of fused-ring (bicyclic) bond motifs is 1. The Hall–Kier alpha value is -4.04. The predicted molar refractivity (Wildman–Crippen MR) is 162 cm³/mol. The first-order valence-electron chi connectivity index (χ1n) is 13.7. The molecule has 0 bridgehead atoms. The van der Waals surface area contributed by atoms with E-state index >= 15 is 0 Å². The molecule has 41 heavy (non-hydrogen) atoms. The number of benzene rings is 3. The van der Waals surface area contributed by atoms with Gasteiger partial charge in [-0.3, -0.25) is 9.69 Å². The van der Waals surface area contributed by atoms with Crippen LogP contribution in [0.3, 0.4) is 0 Å². The van der Waals surface area contributed by atoms with Gasteiger partial charge in [-0.1, -0.05) is 66.2 Å². The number of ether oxygens (including phenoxy) is 1. The van der Waals surface area contributed by atoms with Crippen LogP contribution in [0.15, 0.2) is 78.9 Å². The van der Waals surface area contributed by atoms with Crippen LogP contribution in [-0.2, 0) is 16.0 Å². The van der Waals surface area contributed by atoms with Gasteiger partial charge in [0, 0.05) is 23.5 Å². The number of hydrogen-bond donors (Lipinski definition) is 2. The van der Waals surface area contributed by atoms with E-state index in [1.807, 2.05) is 72.8 Å². The molecule has 210 valence electrons. The summed E-state index contributed by atoms with van der Waals surface area (Å²) in [5, 5.41) is 14.5. The minimum atomic E-state index is -0.954. The number of carboxylic acids is 1. The standard InChI is InChI=1S/C33H32ClN3O4/c34-27-12-9-25-10-14-28(35-31(25)21-27)13-8-23-4-3-6-26(20-23)30(36-32(38)22-37-16-18-41-19-17-37)15-11-24-5-1-2-7-29(24)33(39)40/h1-10,12-14,20-21,30H,11,15-19,22H2,(H,36,38)(H,39,40)/b13-8+. The van der Waals surface area contributed by atoms with Crippen LogP contribution in [0.5, 0.6) is 0 Å². The maximum atomic E-state index is 13.1. The lowest BCUT2D eigenvalue weighted by Gasteiger charge is -2.27. The molecule has 3 aromatic carbocycles. The number of pyridine rings is 1. The highest BCUT2D eigenvalue weighted by atomic mass is 35.5. The lowest BCUT2D eigenvalue weighted by Crippen LogP contribution is -2.44. The lowest BCUT2D eigenvalue weighted by molar-refractivity contribution is -0.124. The number of hydrogen-bond acceptors (Lipinski definition) is 5. The molecule has 0 aliphatic carbocycles. The van der Waals surface area contributed by atoms with Crippen molar-refractivity contribution < 1.29 is 19.4 Å². The molecule has 0 spiro atoms. The molecule has 2 N–H and O–H groups in total. The number of halogens is 1. The van der Waals surface area contributed by atoms with Crippen LogP contribution in [-0.4, -0.2) is 59.7 Å². The van der Waals surface area contributed by atoms with Crippen molar-refractivity contribution in [2.45, 2.75) is 18.9 Å². The largest absolute Gasteiger partial charge is 0.478 e. The third-order valence-corrected chi connectivity index (χ3v) is 7.43. The Balaban J connectivity index is 1.36. The maximum absolute atomic E-state index is 13.1. The third-order valence-electron chi connectivity index (χ3n) is 7.19. The van der Waals surface area contributed by atoms with Crippen molar-refractivity contribution in [1.82, 2.24) is 15.2 Å². The zero-order valence-corrected chi connectivity index (χ0v) is 23.4. The van der Waals surface area contributed by atoms with Crippen molar-refractivity contribution in [2.75, 3.05) is 32.8 Å². The average Bonchev–Trinajstić information content (AvgIpc) is 2.98. The summed E-state index contributed by atoms with van der Waals surface area (Å²) < 4.78 is 5.41. The fourth-order valence-corrected chi connectivity index (χ4v) is 5.20. The Kier molecular flexibility index (Phi) is 9.41. The molecule has 1 unspecified atom stereocenters. The number of rotatable bonds is 10. The first-order valence-corrected chi connectivity index (χ1v) is 14.1. The van der Waals surface area contributed by atoms with Gasteiger partial charge in [0.25, 0.3) is 0 Å². The monoisotopic (exact) mass is 569 g/mol. The number of carbonyl (C=O) groups is 2. The maximum Gasteiger partial charge on any atom is 0.335 e. The summed E-state index contributed by atoms with van der Waals surface area (Å²) in [5.74, 6) is -1.02. The van der Waals surface area contributed by atoms with Crippen LogP contribution < -0.4 is 5.32 Å². The molecule has 5 rings (SSSR count). The number of carbonyl (C=O) groups excluding carboxylic acids is 1. The van der Waals surface area contributed by atoms with E-state index in [0.29, 0.717) is 37.6 Å². The number of aromatic carboxylic acids is 1. The highest BCUT2D eigenvalue weighted by Gasteiger charge is 2.20. The summed E-state index contributed by atoms with van der Waals surface area (Å²) in [5.41, 5.74) is 4.59. The fourth-order valence-electron chi connectivity index (χ4n) is 5.03. The van der Waals surface area contributed by atoms with E-state index in [2.05, 4.69) is 16.3 Å². The number of aromatic nitrogens is 1. The highest BCUT2D eigenvalue weighted by Crippen LogP contribution is 2.24. The van der Waals surface area contributed by atoms with Crippen LogP contribution in [0.25, 0.3) is 23.1 Å². The van der Waals surface area contributed by atoms with Gasteiger partial charge in [-0.05, 0) is 65.9 Å². The molecule has 1 aliphatic heterocycles. The number of aryl methyl sites for hydroxylation is 1. The van der Waals surface area contributed by atoms with Crippen molar-refractivity contribution in [2.24, 2.45) is 0 Å². The minimum absolute atomic E-state index is 0.0663. The number of amides is 1. The SMILES string of the molecule is O=C(CN1CCOCC1)NC(CCc1ccccc1C(=O)O)c1cccc(/C=C/c2ccc3ccc(Cl)cc3n2)c1. The second kappa shape index (κ2) is 13.5. The molecule has 1 atom stereocenters. The summed E-state index contributed by atoms with van der Waals surface area (Å²) in [7, 11) is 0. The molecule has 1 aromatic heterocycles. The molecule has 2 heterocycles. The molecule has 4 aromatic rings. The second-order valence-corrected chi connectivity index (χ2v) is 10.5. The van der Waals surface area contributed by atoms with E-state index in [0.717, 1.165) is 46.4 Å². The smallest absolute Gasteiger partial charge is 0.335 e. The topological polar surface area (TPSA) is 91.8 Å². The van der Waals surface area contributed by atoms with Gasteiger partial charge < -0.3 is 15.2 Å². The molecule has 1 saturated heterocycles. The van der Waals surface area contributed by atoms with Crippen molar-refractivity contribution in [1.29, 1.82) is 0 Å². The van der Waals surface area contributed by atoms with Crippen molar-refractivity contribution in [3.8, 4) is 0 Å². The molecule has 8 heteroatoms. The van der Waals surface area contributed by atoms with Gasteiger partial charge in [0.05, 0.1) is 42.6 Å². The van der Waals surface area contributed by atoms with E-state index in [1.165, 1.54) is 0 Å². The van der Waals surface area contributed by atoms with E-state index in [1.54, 1.807) is 12.1 Å². The Morgan fingerprint density at radius 1 is 1.00 bits per heavy atom. The van der Waals surface area contributed by atoms with Gasteiger partial charge in [0.15, 0.2) is 0 Å². The van der Waals surface area contributed by atoms with Crippen molar-refractivity contribution in [3.05, 3.63) is 112 Å². The normalized spacial score (nSPS) is 14.8. The number of carboxylic acid groups (broad SMARTS) is 1. The molecular weight excluding hydrogens is 538 g/mol. The number of nitrogens with one attached hydrogen (secondary N) is 1. The Morgan fingerprint density at radius 2 is 1.80 bits per heavy atom. The summed E-state index contributed by atoms with van der Waals surface area (Å²) in [6.45, 7) is 2.98. The number of morpholine rings is 1. The summed E-state index contributed by atoms with van der Waals surface area (Å²) >= 11 is 6.15. The zero-order valence-electron chi connectivity index (χ0n) is 22.6. The van der Waals surface area contributed by atoms with Gasteiger partial charge in [-0.25, -0.2) is 9.78 Å². The fraction of sp³-hybridized carbons (Fsp3) is 0.242. The van der Waals surface area contributed by atoms with E-state index in [4.69, 9.17) is 21.3 Å². The van der Waals surface area contributed by atoms with Crippen molar-refractivity contribution in [3.63, 3.8) is 0 Å². The Bertz CT molecular complexity index is 1570. The summed E-state index contributed by atoms with van der Waals surface area (Å²) in [4.78, 5) is 31.6. The molecule has 1 fully saturated rings. The molecule has 1 amide bonds. The molecule has 1 aliphatic rings.